The molecule has 0 saturated heterocycles. The second-order valence-corrected chi connectivity index (χ2v) is 9.76. The minimum Gasteiger partial charge on any atom is -0.454 e. The fraction of sp³-hybridized carbons (Fsp3) is 0.321. The van der Waals surface area contributed by atoms with Gasteiger partial charge in [-0.3, -0.25) is 19.4 Å². The van der Waals surface area contributed by atoms with Gasteiger partial charge in [-0.05, 0) is 31.0 Å². The Kier molecular flexibility index (Phi) is 7.52. The first-order valence-corrected chi connectivity index (χ1v) is 12.7. The maximum absolute atomic E-state index is 13.6. The van der Waals surface area contributed by atoms with Crippen molar-refractivity contribution < 1.29 is 41.6 Å². The van der Waals surface area contributed by atoms with E-state index < -0.39 is 54.6 Å². The Labute approximate surface area is 231 Å². The molecule has 214 valence electrons. The smallest absolute Gasteiger partial charge is 0.389 e. The van der Waals surface area contributed by atoms with Crippen molar-refractivity contribution in [1.82, 2.24) is 10.5 Å². The van der Waals surface area contributed by atoms with Crippen LogP contribution in [0.5, 0.6) is 11.5 Å². The molecule has 3 N–H and O–H groups in total. The molecule has 2 aliphatic rings. The molecule has 13 heteroatoms. The summed E-state index contributed by atoms with van der Waals surface area (Å²) < 4.78 is 55.6. The molecule has 3 heterocycles. The lowest BCUT2D eigenvalue weighted by atomic mass is 9.82. The number of ketones is 1. The van der Waals surface area contributed by atoms with Crippen LogP contribution in [0.25, 0.3) is 0 Å². The van der Waals surface area contributed by atoms with Crippen LogP contribution in [0.15, 0.2) is 58.2 Å². The van der Waals surface area contributed by atoms with Gasteiger partial charge in [0.05, 0.1) is 23.2 Å². The number of aromatic nitrogens is 1. The topological polar surface area (TPSA) is 146 Å². The van der Waals surface area contributed by atoms with Crippen molar-refractivity contribution in [2.75, 3.05) is 6.79 Å². The van der Waals surface area contributed by atoms with Gasteiger partial charge in [-0.15, -0.1) is 0 Å². The van der Waals surface area contributed by atoms with Crippen molar-refractivity contribution in [2.45, 2.75) is 44.4 Å². The quantitative estimate of drug-likeness (QED) is 0.422. The summed E-state index contributed by atoms with van der Waals surface area (Å²) in [5, 5.41) is 6.16. The number of amides is 2. The van der Waals surface area contributed by atoms with Gasteiger partial charge in [-0.2, -0.15) is 13.2 Å². The van der Waals surface area contributed by atoms with Gasteiger partial charge in [0.1, 0.15) is 6.26 Å². The van der Waals surface area contributed by atoms with E-state index in [9.17, 15) is 27.6 Å². The second kappa shape index (κ2) is 11.1. The number of nitrogens with zero attached hydrogens (tertiary/aromatic N) is 2. The highest BCUT2D eigenvalue weighted by Crippen LogP contribution is 2.38. The first-order chi connectivity index (χ1) is 19.5. The zero-order valence-corrected chi connectivity index (χ0v) is 21.7. The van der Waals surface area contributed by atoms with Crippen molar-refractivity contribution in [3.63, 3.8) is 0 Å². The molecule has 0 fully saturated rings. The number of fused-ring (bicyclic) bond motifs is 2. The number of alkyl halides is 3. The zero-order valence-electron chi connectivity index (χ0n) is 21.7. The average molecular weight is 571 g/mol. The van der Waals surface area contributed by atoms with Crippen LogP contribution in [-0.4, -0.2) is 47.6 Å². The minimum atomic E-state index is -4.62. The van der Waals surface area contributed by atoms with E-state index in [4.69, 9.17) is 19.7 Å². The summed E-state index contributed by atoms with van der Waals surface area (Å²) >= 11 is 0. The SMILES string of the molecule is Cc1nocc1[C@H](C(N)=O)[C@@H](CCC(F)(F)F)C(=O)N[C@H]1N=C(c2ccccc2)c2cc3c(cc2CC1=O)OCO3. The van der Waals surface area contributed by atoms with E-state index in [0.29, 0.717) is 33.9 Å². The number of halogens is 3. The molecular weight excluding hydrogens is 545 g/mol. The molecule has 0 aliphatic carbocycles. The van der Waals surface area contributed by atoms with Gasteiger partial charge < -0.3 is 25.0 Å². The molecule has 0 unspecified atom stereocenters. The van der Waals surface area contributed by atoms with Crippen LogP contribution in [0.4, 0.5) is 13.2 Å². The highest BCUT2D eigenvalue weighted by atomic mass is 19.4. The second-order valence-electron chi connectivity index (χ2n) is 9.76. The van der Waals surface area contributed by atoms with Crippen LogP contribution in [-0.2, 0) is 20.8 Å². The molecule has 2 aliphatic heterocycles. The molecular formula is C28H25F3N4O6. The molecule has 10 nitrogen and oxygen atoms in total. The predicted molar refractivity (Wildman–Crippen MR) is 137 cm³/mol. The summed E-state index contributed by atoms with van der Waals surface area (Å²) in [4.78, 5) is 44.1. The highest BCUT2D eigenvalue weighted by Gasteiger charge is 2.41. The van der Waals surface area contributed by atoms with Crippen molar-refractivity contribution in [3.8, 4) is 11.5 Å². The molecule has 5 rings (SSSR count). The number of hydrogen-bond donors (Lipinski definition) is 2. The van der Waals surface area contributed by atoms with Crippen molar-refractivity contribution >= 4 is 23.3 Å². The van der Waals surface area contributed by atoms with Crippen molar-refractivity contribution in [2.24, 2.45) is 16.6 Å². The lowest BCUT2D eigenvalue weighted by Crippen LogP contribution is -2.46. The van der Waals surface area contributed by atoms with Gasteiger partial charge >= 0.3 is 6.18 Å². The maximum atomic E-state index is 13.6. The van der Waals surface area contributed by atoms with Gasteiger partial charge in [0.25, 0.3) is 0 Å². The maximum Gasteiger partial charge on any atom is 0.389 e. The van der Waals surface area contributed by atoms with E-state index in [1.165, 1.54) is 6.92 Å². The van der Waals surface area contributed by atoms with Gasteiger partial charge in [-0.1, -0.05) is 35.5 Å². The third-order valence-corrected chi connectivity index (χ3v) is 7.01. The summed E-state index contributed by atoms with van der Waals surface area (Å²) in [6.07, 6.45) is -7.31. The van der Waals surface area contributed by atoms with E-state index in [1.54, 1.807) is 42.5 Å². The van der Waals surface area contributed by atoms with Gasteiger partial charge in [-0.25, -0.2) is 0 Å². The number of carbonyl (C=O) groups is 3. The summed E-state index contributed by atoms with van der Waals surface area (Å²) in [5.74, 6) is -4.72. The molecule has 0 radical (unpaired) electrons. The molecule has 0 spiro atoms. The zero-order chi connectivity index (χ0) is 29.3. The summed E-state index contributed by atoms with van der Waals surface area (Å²) in [7, 11) is 0. The molecule has 0 saturated carbocycles. The lowest BCUT2D eigenvalue weighted by Gasteiger charge is -2.25. The molecule has 3 atom stereocenters. The van der Waals surface area contributed by atoms with Crippen LogP contribution in [0.1, 0.15) is 46.7 Å². The first-order valence-electron chi connectivity index (χ1n) is 12.7. The number of carbonyl (C=O) groups excluding carboxylic acids is 3. The lowest BCUT2D eigenvalue weighted by molar-refractivity contribution is -0.144. The van der Waals surface area contributed by atoms with Gasteiger partial charge in [0, 0.05) is 29.5 Å². The normalized spacial score (nSPS) is 17.7. The van der Waals surface area contributed by atoms with E-state index in [2.05, 4.69) is 15.5 Å². The highest BCUT2D eigenvalue weighted by molar-refractivity contribution is 6.16. The van der Waals surface area contributed by atoms with Crippen LogP contribution >= 0.6 is 0 Å². The van der Waals surface area contributed by atoms with E-state index >= 15 is 0 Å². The largest absolute Gasteiger partial charge is 0.454 e. The fourth-order valence-corrected chi connectivity index (χ4v) is 5.02. The molecule has 2 aromatic carbocycles. The van der Waals surface area contributed by atoms with Crippen molar-refractivity contribution in [3.05, 3.63) is 76.7 Å². The first kappa shape index (κ1) is 27.9. The number of hydrogen-bond acceptors (Lipinski definition) is 8. The standard InChI is InChI=1S/C28H25F3N4O6/c1-14-19(12-41-35-14)23(25(32)37)17(7-8-28(29,30)31)27(38)34-26-20(36)9-16-10-21-22(40-13-39-21)11-18(16)24(33-26)15-5-3-2-4-6-15/h2-6,10-12,17,23,26H,7-9,13H2,1H3,(H2,32,37)(H,34,38)/t17-,23-,26-/m1/s1. The molecule has 1 aromatic heterocycles. The van der Waals surface area contributed by atoms with Gasteiger partial charge in [0.2, 0.25) is 18.6 Å². The molecule has 0 bridgehead atoms. The van der Waals surface area contributed by atoms with E-state index in [-0.39, 0.29) is 24.5 Å². The Bertz CT molecular complexity index is 1520. The van der Waals surface area contributed by atoms with Crippen LogP contribution in [0.3, 0.4) is 0 Å². The van der Waals surface area contributed by atoms with Gasteiger partial charge in [0.15, 0.2) is 23.4 Å². The van der Waals surface area contributed by atoms with Crippen LogP contribution in [0.2, 0.25) is 0 Å². The summed E-state index contributed by atoms with van der Waals surface area (Å²) in [5.41, 5.74) is 8.00. The number of nitrogens with one attached hydrogen (secondary N) is 1. The number of primary amides is 1. The average Bonchev–Trinajstić information content (AvgIpc) is 3.53. The Balaban J connectivity index is 1.53. The number of aryl methyl sites for hydroxylation is 1. The summed E-state index contributed by atoms with van der Waals surface area (Å²) in [6, 6.07) is 12.3. The number of rotatable bonds is 8. The molecule has 3 aromatic rings. The number of benzene rings is 2. The number of nitrogens with two attached hydrogens (primary N) is 1. The van der Waals surface area contributed by atoms with E-state index in [0.717, 1.165) is 6.26 Å². The molecule has 2 amide bonds. The number of Topliss-reactive ketones (excluding diaryl/α,β-unsaturated/α-hetero) is 1. The fourth-order valence-electron chi connectivity index (χ4n) is 5.02. The third kappa shape index (κ3) is 5.93. The van der Waals surface area contributed by atoms with E-state index in [1.807, 2.05) is 0 Å². The van der Waals surface area contributed by atoms with Crippen LogP contribution < -0.4 is 20.5 Å². The number of ether oxygens (including phenoxy) is 2. The summed E-state index contributed by atoms with van der Waals surface area (Å²) in [6.45, 7) is 1.50. The number of aliphatic imine (C=N–C) groups is 1. The molecule has 41 heavy (non-hydrogen) atoms. The third-order valence-electron chi connectivity index (χ3n) is 7.01. The minimum absolute atomic E-state index is 0.0225. The predicted octanol–water partition coefficient (Wildman–Crippen LogP) is 3.34. The Morgan fingerprint density at radius 2 is 1.85 bits per heavy atom. The Hall–Kier alpha value is -4.68. The van der Waals surface area contributed by atoms with Crippen LogP contribution in [0, 0.1) is 12.8 Å². The Morgan fingerprint density at radius 1 is 1.15 bits per heavy atom. The van der Waals surface area contributed by atoms with Crippen molar-refractivity contribution in [1.29, 1.82) is 0 Å². The monoisotopic (exact) mass is 570 g/mol. The Morgan fingerprint density at radius 3 is 2.49 bits per heavy atom.